The fourth-order valence-electron chi connectivity index (χ4n) is 4.54. The van der Waals surface area contributed by atoms with Gasteiger partial charge in [0.2, 0.25) is 0 Å². The first-order chi connectivity index (χ1) is 11.3. The van der Waals surface area contributed by atoms with Crippen LogP contribution in [0.5, 0.6) is 0 Å². The van der Waals surface area contributed by atoms with Gasteiger partial charge in [-0.25, -0.2) is 0 Å². The van der Waals surface area contributed by atoms with Gasteiger partial charge in [0.15, 0.2) is 0 Å². The van der Waals surface area contributed by atoms with Crippen LogP contribution in [-0.4, -0.2) is 12.7 Å². The second kappa shape index (κ2) is 11.1. The molecule has 0 bridgehead atoms. The molecule has 0 radical (unpaired) electrons. The summed E-state index contributed by atoms with van der Waals surface area (Å²) in [6.45, 7) is 8.48. The number of ether oxygens (including phenoxy) is 1. The molecule has 1 nitrogen and oxygen atoms in total. The zero-order chi connectivity index (χ0) is 16.3. The van der Waals surface area contributed by atoms with Crippen LogP contribution < -0.4 is 0 Å². The first-order valence-corrected chi connectivity index (χ1v) is 10.1. The van der Waals surface area contributed by atoms with Crippen LogP contribution in [0.3, 0.4) is 0 Å². The van der Waals surface area contributed by atoms with E-state index >= 15 is 0 Å². The van der Waals surface area contributed by atoms with Gasteiger partial charge in [-0.1, -0.05) is 50.7 Å². The van der Waals surface area contributed by atoms with Gasteiger partial charge in [-0.3, -0.25) is 0 Å². The summed E-state index contributed by atoms with van der Waals surface area (Å²) in [5, 5.41) is 0. The SMILES string of the molecule is C=CCCOC1CCC(CCC2CCC(CCC=C)CC2)CC1. The predicted octanol–water partition coefficient (Wildman–Crippen LogP) is 6.69. The Bertz CT molecular complexity index is 319. The van der Waals surface area contributed by atoms with E-state index in [0.717, 1.165) is 30.8 Å². The zero-order valence-electron chi connectivity index (χ0n) is 15.2. The molecule has 1 heteroatoms. The first kappa shape index (κ1) is 18.8. The van der Waals surface area contributed by atoms with E-state index in [1.165, 1.54) is 77.0 Å². The van der Waals surface area contributed by atoms with Gasteiger partial charge in [0.1, 0.15) is 0 Å². The Balaban J connectivity index is 1.52. The third kappa shape index (κ3) is 7.25. The quantitative estimate of drug-likeness (QED) is 0.322. The largest absolute Gasteiger partial charge is 0.378 e. The van der Waals surface area contributed by atoms with E-state index < -0.39 is 0 Å². The van der Waals surface area contributed by atoms with Gasteiger partial charge in [-0.05, 0) is 62.7 Å². The summed E-state index contributed by atoms with van der Waals surface area (Å²) in [6, 6.07) is 0. The smallest absolute Gasteiger partial charge is 0.0575 e. The molecule has 0 aromatic rings. The lowest BCUT2D eigenvalue weighted by Crippen LogP contribution is -2.23. The van der Waals surface area contributed by atoms with Crippen molar-refractivity contribution in [3.63, 3.8) is 0 Å². The molecule has 0 N–H and O–H groups in total. The highest BCUT2D eigenvalue weighted by molar-refractivity contribution is 4.78. The number of hydrogen-bond donors (Lipinski definition) is 0. The Morgan fingerprint density at radius 2 is 1.13 bits per heavy atom. The van der Waals surface area contributed by atoms with Crippen LogP contribution in [0.4, 0.5) is 0 Å². The molecule has 2 rings (SSSR count). The second-order valence-corrected chi connectivity index (χ2v) is 7.92. The molecule has 0 amide bonds. The van der Waals surface area contributed by atoms with Gasteiger partial charge in [-0.15, -0.1) is 13.2 Å². The lowest BCUT2D eigenvalue weighted by molar-refractivity contribution is 0.0189. The molecule has 0 unspecified atom stereocenters. The van der Waals surface area contributed by atoms with E-state index in [1.54, 1.807) is 0 Å². The zero-order valence-corrected chi connectivity index (χ0v) is 15.2. The summed E-state index contributed by atoms with van der Waals surface area (Å²) in [5.41, 5.74) is 0. The summed E-state index contributed by atoms with van der Waals surface area (Å²) >= 11 is 0. The summed E-state index contributed by atoms with van der Waals surface area (Å²) in [4.78, 5) is 0. The number of allylic oxidation sites excluding steroid dienone is 1. The minimum Gasteiger partial charge on any atom is -0.378 e. The second-order valence-electron chi connectivity index (χ2n) is 7.92. The summed E-state index contributed by atoms with van der Waals surface area (Å²) in [6.07, 6.45) is 22.4. The van der Waals surface area contributed by atoms with Gasteiger partial charge in [-0.2, -0.15) is 0 Å². The van der Waals surface area contributed by atoms with Crippen molar-refractivity contribution >= 4 is 0 Å². The van der Waals surface area contributed by atoms with Crippen molar-refractivity contribution in [2.45, 2.75) is 89.6 Å². The third-order valence-electron chi connectivity index (χ3n) is 6.20. The van der Waals surface area contributed by atoms with Crippen molar-refractivity contribution in [3.05, 3.63) is 25.3 Å². The highest BCUT2D eigenvalue weighted by atomic mass is 16.5. The highest BCUT2D eigenvalue weighted by Gasteiger charge is 2.24. The maximum atomic E-state index is 5.93. The molecular weight excluding hydrogens is 280 g/mol. The van der Waals surface area contributed by atoms with E-state index in [9.17, 15) is 0 Å². The Hall–Kier alpha value is -0.560. The van der Waals surface area contributed by atoms with E-state index in [-0.39, 0.29) is 0 Å². The van der Waals surface area contributed by atoms with E-state index in [0.29, 0.717) is 6.10 Å². The lowest BCUT2D eigenvalue weighted by atomic mass is 9.76. The molecule has 23 heavy (non-hydrogen) atoms. The van der Waals surface area contributed by atoms with Crippen LogP contribution in [0, 0.1) is 17.8 Å². The summed E-state index contributed by atoms with van der Waals surface area (Å²) < 4.78 is 5.93. The van der Waals surface area contributed by atoms with E-state index in [1.807, 2.05) is 6.08 Å². The lowest BCUT2D eigenvalue weighted by Gasteiger charge is -2.32. The molecule has 0 aliphatic heterocycles. The molecule has 0 spiro atoms. The topological polar surface area (TPSA) is 9.23 Å². The van der Waals surface area contributed by atoms with Gasteiger partial charge >= 0.3 is 0 Å². The fourth-order valence-corrected chi connectivity index (χ4v) is 4.54. The van der Waals surface area contributed by atoms with Gasteiger partial charge < -0.3 is 4.74 Å². The van der Waals surface area contributed by atoms with Crippen molar-refractivity contribution < 1.29 is 4.74 Å². The molecular formula is C22H38O. The van der Waals surface area contributed by atoms with Crippen LogP contribution in [0.1, 0.15) is 83.5 Å². The monoisotopic (exact) mass is 318 g/mol. The van der Waals surface area contributed by atoms with Crippen molar-refractivity contribution in [2.75, 3.05) is 6.61 Å². The van der Waals surface area contributed by atoms with Crippen LogP contribution in [0.2, 0.25) is 0 Å². The first-order valence-electron chi connectivity index (χ1n) is 10.1. The molecule has 2 aliphatic rings. The maximum absolute atomic E-state index is 5.93. The Kier molecular flexibility index (Phi) is 9.04. The van der Waals surface area contributed by atoms with Crippen LogP contribution in [-0.2, 0) is 4.74 Å². The molecule has 0 aromatic carbocycles. The van der Waals surface area contributed by atoms with E-state index in [2.05, 4.69) is 19.2 Å². The molecule has 0 atom stereocenters. The van der Waals surface area contributed by atoms with Crippen molar-refractivity contribution in [1.82, 2.24) is 0 Å². The predicted molar refractivity (Wildman–Crippen MR) is 101 cm³/mol. The maximum Gasteiger partial charge on any atom is 0.0575 e. The molecule has 0 aromatic heterocycles. The van der Waals surface area contributed by atoms with Crippen molar-refractivity contribution in [1.29, 1.82) is 0 Å². The number of hydrogen-bond acceptors (Lipinski definition) is 1. The van der Waals surface area contributed by atoms with Gasteiger partial charge in [0, 0.05) is 0 Å². The fraction of sp³-hybridized carbons (Fsp3) is 0.818. The molecule has 2 saturated carbocycles. The van der Waals surface area contributed by atoms with Crippen molar-refractivity contribution in [2.24, 2.45) is 17.8 Å². The molecule has 132 valence electrons. The van der Waals surface area contributed by atoms with Gasteiger partial charge in [0.25, 0.3) is 0 Å². The minimum absolute atomic E-state index is 0.534. The molecule has 2 aliphatic carbocycles. The molecule has 0 saturated heterocycles. The highest BCUT2D eigenvalue weighted by Crippen LogP contribution is 2.37. The minimum atomic E-state index is 0.534. The van der Waals surface area contributed by atoms with Crippen LogP contribution in [0.25, 0.3) is 0 Å². The third-order valence-corrected chi connectivity index (χ3v) is 6.20. The summed E-state index contributed by atoms with van der Waals surface area (Å²) in [5.74, 6) is 3.00. The summed E-state index contributed by atoms with van der Waals surface area (Å²) in [7, 11) is 0. The van der Waals surface area contributed by atoms with Gasteiger partial charge in [0.05, 0.1) is 12.7 Å². The standard InChI is InChI=1S/C22H38O/c1-3-5-7-19-8-10-20(11-9-19)12-13-21-14-16-22(17-15-21)23-18-6-4-2/h3-4,19-22H,1-2,5-18H2. The van der Waals surface area contributed by atoms with Crippen molar-refractivity contribution in [3.8, 4) is 0 Å². The molecule has 2 fully saturated rings. The van der Waals surface area contributed by atoms with Crippen LogP contribution >= 0.6 is 0 Å². The Labute approximate surface area is 144 Å². The normalized spacial score (nSPS) is 31.7. The average molecular weight is 319 g/mol. The number of rotatable bonds is 10. The Morgan fingerprint density at radius 3 is 1.65 bits per heavy atom. The van der Waals surface area contributed by atoms with E-state index in [4.69, 9.17) is 4.74 Å². The molecule has 0 heterocycles. The van der Waals surface area contributed by atoms with Crippen LogP contribution in [0.15, 0.2) is 25.3 Å². The Morgan fingerprint density at radius 1 is 0.652 bits per heavy atom. The average Bonchev–Trinajstić information content (AvgIpc) is 2.60.